The van der Waals surface area contributed by atoms with Crippen LogP contribution >= 0.6 is 23.2 Å². The molecule has 8 nitrogen and oxygen atoms in total. The van der Waals surface area contributed by atoms with Gasteiger partial charge in [-0.2, -0.15) is 4.98 Å². The highest BCUT2D eigenvalue weighted by atomic mass is 35.5. The average molecular weight is 557 g/mol. The lowest BCUT2D eigenvalue weighted by molar-refractivity contribution is 0.0982. The maximum Gasteiger partial charge on any atom is 0.265 e. The first-order chi connectivity index (χ1) is 18.2. The summed E-state index contributed by atoms with van der Waals surface area (Å²) in [5.41, 5.74) is 4.20. The number of nitrogens with one attached hydrogen (secondary N) is 1. The molecule has 2 aliphatic rings. The van der Waals surface area contributed by atoms with E-state index in [9.17, 15) is 4.79 Å². The second-order valence-electron chi connectivity index (χ2n) is 9.50. The second-order valence-corrected chi connectivity index (χ2v) is 10.3. The highest BCUT2D eigenvalue weighted by molar-refractivity contribution is 6.40. The highest BCUT2D eigenvalue weighted by Gasteiger charge is 2.32. The van der Waals surface area contributed by atoms with Crippen molar-refractivity contribution in [3.63, 3.8) is 0 Å². The van der Waals surface area contributed by atoms with Crippen LogP contribution in [0.5, 0.6) is 0 Å². The molecular weight excluding hydrogens is 521 g/mol. The maximum atomic E-state index is 13.3. The topological polar surface area (TPSA) is 67.8 Å². The SMILES string of the molecule is CC.Cc1cc(Nc2ncc3c(n2)N(C)CN(c2c(Cl)cccc2Cl)C3=O)ccc1N1CCN(C)C[C@H]1C. The Morgan fingerprint density at radius 1 is 1.05 bits per heavy atom. The van der Waals surface area contributed by atoms with Crippen LogP contribution < -0.4 is 20.0 Å². The van der Waals surface area contributed by atoms with E-state index in [-0.39, 0.29) is 12.6 Å². The quantitative estimate of drug-likeness (QED) is 0.419. The van der Waals surface area contributed by atoms with Crippen LogP contribution in [0.3, 0.4) is 0 Å². The van der Waals surface area contributed by atoms with Crippen LogP contribution in [0.2, 0.25) is 10.0 Å². The molecule has 202 valence electrons. The number of aromatic nitrogens is 2. The number of aryl methyl sites for hydroxylation is 1. The zero-order valence-electron chi connectivity index (χ0n) is 22.8. The van der Waals surface area contributed by atoms with Gasteiger partial charge in [0.2, 0.25) is 5.95 Å². The number of rotatable bonds is 4. The first-order valence-corrected chi connectivity index (χ1v) is 13.7. The number of anilines is 5. The fourth-order valence-electron chi connectivity index (χ4n) is 4.96. The third-order valence-electron chi connectivity index (χ3n) is 6.76. The normalized spacial score (nSPS) is 17.6. The van der Waals surface area contributed by atoms with Crippen LogP contribution in [0.1, 0.15) is 36.7 Å². The molecule has 0 radical (unpaired) electrons. The summed E-state index contributed by atoms with van der Waals surface area (Å²) in [6.45, 7) is 11.8. The first-order valence-electron chi connectivity index (χ1n) is 12.9. The Labute approximate surface area is 235 Å². The van der Waals surface area contributed by atoms with Crippen molar-refractivity contribution in [3.8, 4) is 0 Å². The largest absolute Gasteiger partial charge is 0.366 e. The Morgan fingerprint density at radius 2 is 1.76 bits per heavy atom. The van der Waals surface area contributed by atoms with Crippen molar-refractivity contribution in [1.82, 2.24) is 14.9 Å². The fraction of sp³-hybridized carbons (Fsp3) is 0.393. The molecule has 5 rings (SSSR count). The average Bonchev–Trinajstić information content (AvgIpc) is 2.89. The number of halogens is 2. The van der Waals surface area contributed by atoms with E-state index in [1.165, 1.54) is 11.3 Å². The lowest BCUT2D eigenvalue weighted by Gasteiger charge is -2.40. The van der Waals surface area contributed by atoms with Crippen molar-refractivity contribution in [2.75, 3.05) is 60.4 Å². The number of fused-ring (bicyclic) bond motifs is 1. The van der Waals surface area contributed by atoms with Gasteiger partial charge in [-0.15, -0.1) is 0 Å². The van der Waals surface area contributed by atoms with Gasteiger partial charge in [0.15, 0.2) is 0 Å². The van der Waals surface area contributed by atoms with Crippen LogP contribution in [-0.2, 0) is 0 Å². The predicted octanol–water partition coefficient (Wildman–Crippen LogP) is 6.06. The van der Waals surface area contributed by atoms with E-state index in [1.807, 2.05) is 31.9 Å². The second kappa shape index (κ2) is 11.8. The summed E-state index contributed by atoms with van der Waals surface area (Å²) < 4.78 is 0. The summed E-state index contributed by atoms with van der Waals surface area (Å²) in [5.74, 6) is 0.736. The molecule has 0 bridgehead atoms. The molecule has 1 amide bonds. The molecule has 0 saturated carbocycles. The van der Waals surface area contributed by atoms with Gasteiger partial charge >= 0.3 is 0 Å². The highest BCUT2D eigenvalue weighted by Crippen LogP contribution is 2.37. The Bertz CT molecular complexity index is 1300. The molecular formula is C28H35Cl2N7O. The standard InChI is InChI=1S/C26H29Cl2N7O.C2H6/c1-16-12-18(8-9-22(16)34-11-10-32(3)14-17(34)2)30-26-29-13-19-24(31-26)33(4)15-35(25(19)36)23-20(27)6-5-7-21(23)28;1-2/h5-9,12-13,17H,10-11,14-15H2,1-4H3,(H,29,30,31);1-2H3/t17-;/m1./s1. The molecule has 0 unspecified atom stereocenters. The van der Waals surface area contributed by atoms with E-state index >= 15 is 0 Å². The third kappa shape index (κ3) is 5.53. The van der Waals surface area contributed by atoms with E-state index < -0.39 is 0 Å². The molecule has 3 aromatic rings. The van der Waals surface area contributed by atoms with Gasteiger partial charge in [-0.05, 0) is 56.8 Å². The van der Waals surface area contributed by atoms with E-state index in [4.69, 9.17) is 23.2 Å². The minimum Gasteiger partial charge on any atom is -0.366 e. The molecule has 1 atom stereocenters. The summed E-state index contributed by atoms with van der Waals surface area (Å²) in [4.78, 5) is 30.6. The van der Waals surface area contributed by atoms with Gasteiger partial charge in [0, 0.05) is 50.3 Å². The molecule has 10 heteroatoms. The molecule has 1 aromatic heterocycles. The number of likely N-dealkylation sites (N-methyl/N-ethyl adjacent to an activating group) is 1. The van der Waals surface area contributed by atoms with Crippen LogP contribution in [-0.4, -0.2) is 67.2 Å². The van der Waals surface area contributed by atoms with Crippen molar-refractivity contribution < 1.29 is 4.79 Å². The molecule has 38 heavy (non-hydrogen) atoms. The number of benzene rings is 2. The molecule has 1 fully saturated rings. The summed E-state index contributed by atoms with van der Waals surface area (Å²) in [6.07, 6.45) is 1.55. The van der Waals surface area contributed by atoms with Crippen LogP contribution in [0, 0.1) is 6.92 Å². The number of piperazine rings is 1. The molecule has 2 aromatic carbocycles. The fourth-order valence-corrected chi connectivity index (χ4v) is 5.57. The molecule has 3 heterocycles. The number of amides is 1. The van der Waals surface area contributed by atoms with E-state index in [2.05, 4.69) is 58.1 Å². The molecule has 0 aliphatic carbocycles. The minimum atomic E-state index is -0.244. The van der Waals surface area contributed by atoms with Crippen LogP contribution in [0.15, 0.2) is 42.6 Å². The molecule has 1 N–H and O–H groups in total. The van der Waals surface area contributed by atoms with Gasteiger partial charge in [-0.3, -0.25) is 9.69 Å². The summed E-state index contributed by atoms with van der Waals surface area (Å²) in [5, 5.41) is 4.12. The molecule has 1 saturated heterocycles. The summed E-state index contributed by atoms with van der Waals surface area (Å²) >= 11 is 12.7. The van der Waals surface area contributed by atoms with Gasteiger partial charge in [0.25, 0.3) is 5.91 Å². The zero-order valence-corrected chi connectivity index (χ0v) is 24.3. The number of hydrogen-bond donors (Lipinski definition) is 1. The van der Waals surface area contributed by atoms with Crippen LogP contribution in [0.25, 0.3) is 0 Å². The van der Waals surface area contributed by atoms with Gasteiger partial charge in [-0.1, -0.05) is 43.1 Å². The zero-order chi connectivity index (χ0) is 27.6. The first kappa shape index (κ1) is 28.0. The number of carbonyl (C=O) groups excluding carboxylic acids is 1. The van der Waals surface area contributed by atoms with E-state index in [1.54, 1.807) is 29.3 Å². The third-order valence-corrected chi connectivity index (χ3v) is 7.37. The van der Waals surface area contributed by atoms with Gasteiger partial charge < -0.3 is 20.0 Å². The van der Waals surface area contributed by atoms with Gasteiger partial charge in [0.05, 0.1) is 22.4 Å². The lowest BCUT2D eigenvalue weighted by atomic mass is 10.1. The number of nitrogens with zero attached hydrogens (tertiary/aromatic N) is 6. The summed E-state index contributed by atoms with van der Waals surface area (Å²) in [6, 6.07) is 11.9. The number of carbonyl (C=O) groups is 1. The maximum absolute atomic E-state index is 13.3. The Kier molecular flexibility index (Phi) is 8.65. The van der Waals surface area contributed by atoms with E-state index in [0.29, 0.717) is 39.1 Å². The van der Waals surface area contributed by atoms with Crippen molar-refractivity contribution in [2.45, 2.75) is 33.7 Å². The van der Waals surface area contributed by atoms with Crippen molar-refractivity contribution in [3.05, 3.63) is 63.8 Å². The monoisotopic (exact) mass is 555 g/mol. The Morgan fingerprint density at radius 3 is 2.42 bits per heavy atom. The van der Waals surface area contributed by atoms with Crippen molar-refractivity contribution in [2.24, 2.45) is 0 Å². The van der Waals surface area contributed by atoms with E-state index in [0.717, 1.165) is 25.3 Å². The smallest absolute Gasteiger partial charge is 0.265 e. The number of hydrogen-bond acceptors (Lipinski definition) is 7. The van der Waals surface area contributed by atoms with Gasteiger partial charge in [-0.25, -0.2) is 4.98 Å². The summed E-state index contributed by atoms with van der Waals surface area (Å²) in [7, 11) is 4.04. The van der Waals surface area contributed by atoms with Gasteiger partial charge in [0.1, 0.15) is 11.4 Å². The lowest BCUT2D eigenvalue weighted by Crippen LogP contribution is -2.50. The van der Waals surface area contributed by atoms with Crippen molar-refractivity contribution in [1.29, 1.82) is 0 Å². The van der Waals surface area contributed by atoms with Crippen molar-refractivity contribution >= 4 is 57.9 Å². The predicted molar refractivity (Wildman–Crippen MR) is 159 cm³/mol. The molecule has 0 spiro atoms. The number of para-hydroxylation sites is 1. The Balaban J connectivity index is 0.00000164. The van der Waals surface area contributed by atoms with Crippen LogP contribution in [0.4, 0.5) is 28.8 Å². The molecule has 2 aliphatic heterocycles. The minimum absolute atomic E-state index is 0.244. The Hall–Kier alpha value is -3.07.